The van der Waals surface area contributed by atoms with Crippen LogP contribution >= 0.6 is 0 Å². The van der Waals surface area contributed by atoms with Crippen molar-refractivity contribution in [1.29, 1.82) is 0 Å². The molecule has 86 valence electrons. The average Bonchev–Trinajstić information content (AvgIpc) is 2.81. The van der Waals surface area contributed by atoms with Crippen molar-refractivity contribution >= 4 is 5.91 Å². The number of aromatic nitrogens is 3. The molecule has 1 atom stereocenters. The summed E-state index contributed by atoms with van der Waals surface area (Å²) in [4.78, 5) is 15.4. The van der Waals surface area contributed by atoms with Gasteiger partial charge in [0.1, 0.15) is 18.7 Å². The molecule has 0 aromatic carbocycles. The van der Waals surface area contributed by atoms with Crippen LogP contribution in [0.3, 0.4) is 0 Å². The predicted molar refractivity (Wildman–Crippen MR) is 60.4 cm³/mol. The minimum absolute atomic E-state index is 0.0498. The molecule has 0 fully saturated rings. The molecule has 0 spiro atoms. The van der Waals surface area contributed by atoms with E-state index in [9.17, 15) is 4.79 Å². The number of amides is 1. The molecule has 0 aliphatic rings. The van der Waals surface area contributed by atoms with E-state index in [4.69, 9.17) is 6.42 Å². The largest absolute Gasteiger partial charge is 0.354 e. The number of rotatable bonds is 6. The van der Waals surface area contributed by atoms with Crippen molar-refractivity contribution in [3.05, 3.63) is 12.7 Å². The van der Waals surface area contributed by atoms with E-state index in [1.54, 1.807) is 6.92 Å². The van der Waals surface area contributed by atoms with Crippen LogP contribution in [0.2, 0.25) is 0 Å². The molecule has 1 heterocycles. The van der Waals surface area contributed by atoms with Gasteiger partial charge in [-0.3, -0.25) is 4.79 Å². The predicted octanol–water partition coefficient (Wildman–Crippen LogP) is 0.759. The molecule has 0 saturated heterocycles. The van der Waals surface area contributed by atoms with Crippen molar-refractivity contribution < 1.29 is 4.79 Å². The monoisotopic (exact) mass is 220 g/mol. The Labute approximate surface area is 95.3 Å². The summed E-state index contributed by atoms with van der Waals surface area (Å²) < 4.78 is 1.52. The zero-order chi connectivity index (χ0) is 11.8. The number of hydrogen-bond acceptors (Lipinski definition) is 3. The van der Waals surface area contributed by atoms with Crippen LogP contribution in [-0.4, -0.2) is 27.2 Å². The van der Waals surface area contributed by atoms with Gasteiger partial charge in [-0.2, -0.15) is 5.10 Å². The Morgan fingerprint density at radius 2 is 2.44 bits per heavy atom. The molecule has 0 aliphatic carbocycles. The van der Waals surface area contributed by atoms with Crippen molar-refractivity contribution in [3.63, 3.8) is 0 Å². The van der Waals surface area contributed by atoms with E-state index in [1.165, 1.54) is 17.3 Å². The summed E-state index contributed by atoms with van der Waals surface area (Å²) in [6.07, 6.45) is 10.7. The molecule has 0 aliphatic heterocycles. The second kappa shape index (κ2) is 6.62. The molecule has 1 rings (SSSR count). The Bertz CT molecular complexity index is 353. The first-order valence-electron chi connectivity index (χ1n) is 5.31. The van der Waals surface area contributed by atoms with Crippen LogP contribution in [0.4, 0.5) is 0 Å². The molecule has 5 nitrogen and oxygen atoms in total. The van der Waals surface area contributed by atoms with Crippen molar-refractivity contribution in [3.8, 4) is 12.3 Å². The molecule has 1 unspecified atom stereocenters. The van der Waals surface area contributed by atoms with Crippen LogP contribution < -0.4 is 5.32 Å². The number of carbonyl (C=O) groups is 1. The van der Waals surface area contributed by atoms with Gasteiger partial charge in [0.15, 0.2) is 0 Å². The summed E-state index contributed by atoms with van der Waals surface area (Å²) in [5.41, 5.74) is 0. The third-order valence-electron chi connectivity index (χ3n) is 2.26. The highest BCUT2D eigenvalue weighted by Gasteiger charge is 2.13. The maximum Gasteiger partial charge on any atom is 0.244 e. The smallest absolute Gasteiger partial charge is 0.244 e. The van der Waals surface area contributed by atoms with E-state index in [2.05, 4.69) is 21.3 Å². The maximum atomic E-state index is 11.6. The quantitative estimate of drug-likeness (QED) is 0.568. The highest BCUT2D eigenvalue weighted by Crippen LogP contribution is 2.01. The summed E-state index contributed by atoms with van der Waals surface area (Å²) in [7, 11) is 0. The van der Waals surface area contributed by atoms with Gasteiger partial charge in [0.05, 0.1) is 0 Å². The Kier molecular flexibility index (Phi) is 5.06. The molecule has 1 aromatic heterocycles. The normalized spacial score (nSPS) is 11.8. The summed E-state index contributed by atoms with van der Waals surface area (Å²) in [5.74, 6) is 2.52. The van der Waals surface area contributed by atoms with Gasteiger partial charge in [-0.05, 0) is 19.8 Å². The molecule has 16 heavy (non-hydrogen) atoms. The van der Waals surface area contributed by atoms with Gasteiger partial charge in [-0.25, -0.2) is 9.67 Å². The van der Waals surface area contributed by atoms with Crippen molar-refractivity contribution in [2.45, 2.75) is 32.2 Å². The van der Waals surface area contributed by atoms with Crippen LogP contribution in [0.5, 0.6) is 0 Å². The fourth-order valence-corrected chi connectivity index (χ4v) is 1.25. The Morgan fingerprint density at radius 3 is 3.06 bits per heavy atom. The standard InChI is InChI=1S/C11H16N4O/c1-3-4-5-6-7-13-11(16)10(2)15-9-12-8-14-15/h1,8-10H,4-7H2,2H3,(H,13,16). The fourth-order valence-electron chi connectivity index (χ4n) is 1.25. The van der Waals surface area contributed by atoms with Gasteiger partial charge in [0.25, 0.3) is 0 Å². The average molecular weight is 220 g/mol. The van der Waals surface area contributed by atoms with Crippen LogP contribution in [0, 0.1) is 12.3 Å². The van der Waals surface area contributed by atoms with Gasteiger partial charge in [0.2, 0.25) is 5.91 Å². The van der Waals surface area contributed by atoms with E-state index in [0.717, 1.165) is 19.3 Å². The molecule has 1 N–H and O–H groups in total. The van der Waals surface area contributed by atoms with Crippen molar-refractivity contribution in [2.75, 3.05) is 6.54 Å². The lowest BCUT2D eigenvalue weighted by Crippen LogP contribution is -2.31. The van der Waals surface area contributed by atoms with Crippen LogP contribution in [0.1, 0.15) is 32.2 Å². The lowest BCUT2D eigenvalue weighted by molar-refractivity contribution is -0.124. The van der Waals surface area contributed by atoms with Gasteiger partial charge < -0.3 is 5.32 Å². The van der Waals surface area contributed by atoms with E-state index >= 15 is 0 Å². The third-order valence-corrected chi connectivity index (χ3v) is 2.26. The van der Waals surface area contributed by atoms with Crippen molar-refractivity contribution in [1.82, 2.24) is 20.1 Å². The van der Waals surface area contributed by atoms with E-state index in [1.807, 2.05) is 0 Å². The maximum absolute atomic E-state index is 11.6. The zero-order valence-electron chi connectivity index (χ0n) is 9.39. The first-order valence-corrected chi connectivity index (χ1v) is 5.31. The summed E-state index contributed by atoms with van der Waals surface area (Å²) in [6.45, 7) is 2.44. The van der Waals surface area contributed by atoms with Gasteiger partial charge in [0, 0.05) is 13.0 Å². The highest BCUT2D eigenvalue weighted by molar-refractivity contribution is 5.79. The molecular formula is C11H16N4O. The summed E-state index contributed by atoms with van der Waals surface area (Å²) in [5, 5.41) is 6.75. The molecule has 0 bridgehead atoms. The summed E-state index contributed by atoms with van der Waals surface area (Å²) >= 11 is 0. The number of unbranched alkanes of at least 4 members (excludes halogenated alkanes) is 2. The molecule has 5 heteroatoms. The third kappa shape index (κ3) is 3.73. The molecule has 1 amide bonds. The van der Waals surface area contributed by atoms with E-state index in [0.29, 0.717) is 6.54 Å². The number of terminal acetylenes is 1. The van der Waals surface area contributed by atoms with E-state index in [-0.39, 0.29) is 11.9 Å². The molecule has 0 radical (unpaired) electrons. The van der Waals surface area contributed by atoms with Gasteiger partial charge >= 0.3 is 0 Å². The summed E-state index contributed by atoms with van der Waals surface area (Å²) in [6, 6.07) is -0.324. The van der Waals surface area contributed by atoms with Gasteiger partial charge in [-0.1, -0.05) is 0 Å². The fraction of sp³-hybridized carbons (Fsp3) is 0.545. The number of hydrogen-bond donors (Lipinski definition) is 1. The minimum Gasteiger partial charge on any atom is -0.354 e. The van der Waals surface area contributed by atoms with Crippen LogP contribution in [0.15, 0.2) is 12.7 Å². The van der Waals surface area contributed by atoms with Crippen molar-refractivity contribution in [2.24, 2.45) is 0 Å². The number of carbonyl (C=O) groups excluding carboxylic acids is 1. The second-order valence-electron chi connectivity index (χ2n) is 3.50. The molecular weight excluding hydrogens is 204 g/mol. The number of nitrogens with zero attached hydrogens (tertiary/aromatic N) is 3. The lowest BCUT2D eigenvalue weighted by Gasteiger charge is -2.11. The highest BCUT2D eigenvalue weighted by atomic mass is 16.2. The lowest BCUT2D eigenvalue weighted by atomic mass is 10.2. The molecule has 0 saturated carbocycles. The topological polar surface area (TPSA) is 59.8 Å². The van der Waals surface area contributed by atoms with Gasteiger partial charge in [-0.15, -0.1) is 12.3 Å². The van der Waals surface area contributed by atoms with Crippen LogP contribution in [0.25, 0.3) is 0 Å². The number of nitrogens with one attached hydrogen (secondary N) is 1. The Balaban J connectivity index is 2.23. The SMILES string of the molecule is C#CCCCCNC(=O)C(C)n1cncn1. The first kappa shape index (κ1) is 12.2. The second-order valence-corrected chi connectivity index (χ2v) is 3.50. The minimum atomic E-state index is -0.324. The zero-order valence-corrected chi connectivity index (χ0v) is 9.39. The Hall–Kier alpha value is -1.83. The molecule has 1 aromatic rings. The van der Waals surface area contributed by atoms with E-state index < -0.39 is 0 Å². The Morgan fingerprint density at radius 1 is 1.62 bits per heavy atom. The first-order chi connectivity index (χ1) is 7.75. The van der Waals surface area contributed by atoms with Crippen LogP contribution in [-0.2, 0) is 4.79 Å².